The molecule has 2 aliphatic rings. The predicted octanol–water partition coefficient (Wildman–Crippen LogP) is 1.93. The van der Waals surface area contributed by atoms with Gasteiger partial charge in [-0.1, -0.05) is 5.21 Å². The van der Waals surface area contributed by atoms with Crippen molar-refractivity contribution in [3.05, 3.63) is 47.5 Å². The number of hydrogen-bond acceptors (Lipinski definition) is 11. The number of carbonyl (C=O) groups is 2. The number of amides is 2. The summed E-state index contributed by atoms with van der Waals surface area (Å²) in [6.45, 7) is 8.91. The predicted molar refractivity (Wildman–Crippen MR) is 161 cm³/mol. The molecule has 0 atom stereocenters. The zero-order valence-corrected chi connectivity index (χ0v) is 25.7. The monoisotopic (exact) mass is 646 g/mol. The van der Waals surface area contributed by atoms with E-state index in [1.54, 1.807) is 25.1 Å². The Kier molecular flexibility index (Phi) is 10.6. The molecule has 4 heterocycles. The Morgan fingerprint density at radius 2 is 1.83 bits per heavy atom. The summed E-state index contributed by atoms with van der Waals surface area (Å²) in [6, 6.07) is 4.59. The fourth-order valence-electron chi connectivity index (χ4n) is 5.14. The highest BCUT2D eigenvalue weighted by molar-refractivity contribution is 6.06. The van der Waals surface area contributed by atoms with Crippen LogP contribution in [0.5, 0.6) is 6.01 Å². The molecule has 14 nitrogen and oxygen atoms in total. The number of anilines is 2. The van der Waals surface area contributed by atoms with E-state index in [1.807, 2.05) is 11.9 Å². The van der Waals surface area contributed by atoms with Gasteiger partial charge in [0.1, 0.15) is 0 Å². The fourth-order valence-corrected chi connectivity index (χ4v) is 5.14. The lowest BCUT2D eigenvalue weighted by atomic mass is 10.1. The number of rotatable bonds is 11. The van der Waals surface area contributed by atoms with Crippen molar-refractivity contribution in [2.45, 2.75) is 19.5 Å². The summed E-state index contributed by atoms with van der Waals surface area (Å²) in [5, 5.41) is 13.6. The van der Waals surface area contributed by atoms with Gasteiger partial charge in [-0.05, 0) is 45.1 Å². The second-order valence-electron chi connectivity index (χ2n) is 10.9. The first-order valence-electron chi connectivity index (χ1n) is 15.1. The van der Waals surface area contributed by atoms with E-state index in [0.717, 1.165) is 45.3 Å². The Morgan fingerprint density at radius 3 is 2.54 bits per heavy atom. The molecule has 17 heteroatoms. The van der Waals surface area contributed by atoms with Crippen LogP contribution in [0.2, 0.25) is 0 Å². The number of hydrogen-bond donors (Lipinski definition) is 2. The number of nitrogens with one attached hydrogen (secondary N) is 2. The van der Waals surface area contributed by atoms with Gasteiger partial charge >= 0.3 is 12.2 Å². The molecule has 1 aromatic carbocycles. The van der Waals surface area contributed by atoms with E-state index in [4.69, 9.17) is 9.47 Å². The van der Waals surface area contributed by atoms with E-state index >= 15 is 0 Å². The minimum absolute atomic E-state index is 0.0601. The minimum atomic E-state index is -4.93. The van der Waals surface area contributed by atoms with E-state index in [9.17, 15) is 22.8 Å². The largest absolute Gasteiger partial charge is 0.464 e. The molecule has 0 aliphatic carbocycles. The molecular formula is C29H37F3N10O4. The Labute approximate surface area is 263 Å². The molecule has 0 unspecified atom stereocenters. The molecule has 3 aromatic rings. The molecule has 248 valence electrons. The first-order chi connectivity index (χ1) is 22.1. The molecular weight excluding hydrogens is 609 g/mol. The number of aromatic nitrogens is 5. The third-order valence-corrected chi connectivity index (χ3v) is 7.66. The van der Waals surface area contributed by atoms with Crippen molar-refractivity contribution in [1.29, 1.82) is 0 Å². The Bertz CT molecular complexity index is 1500. The minimum Gasteiger partial charge on any atom is -0.464 e. The third kappa shape index (κ3) is 8.27. The van der Waals surface area contributed by atoms with Gasteiger partial charge in [0.2, 0.25) is 0 Å². The number of carbonyl (C=O) groups excluding carboxylic acids is 2. The van der Waals surface area contributed by atoms with Crippen LogP contribution in [0.3, 0.4) is 0 Å². The van der Waals surface area contributed by atoms with Gasteiger partial charge in [-0.2, -0.15) is 18.2 Å². The topological polar surface area (TPSA) is 143 Å². The molecule has 2 aliphatic heterocycles. The quantitative estimate of drug-likeness (QED) is 0.295. The second-order valence-corrected chi connectivity index (χ2v) is 10.9. The van der Waals surface area contributed by atoms with Crippen LogP contribution in [0.1, 0.15) is 39.9 Å². The molecule has 2 saturated heterocycles. The van der Waals surface area contributed by atoms with Crippen LogP contribution in [0, 0.1) is 0 Å². The first-order valence-corrected chi connectivity index (χ1v) is 15.1. The van der Waals surface area contributed by atoms with Gasteiger partial charge in [0.15, 0.2) is 11.4 Å². The number of likely N-dealkylation sites (N-methyl/N-ethyl adjacent to an activating group) is 1. The number of ether oxygens (including phenoxy) is 2. The Hall–Kier alpha value is -4.35. The van der Waals surface area contributed by atoms with Crippen LogP contribution in [-0.4, -0.2) is 126 Å². The number of halogens is 3. The van der Waals surface area contributed by atoms with Crippen LogP contribution in [0.25, 0.3) is 5.69 Å². The summed E-state index contributed by atoms with van der Waals surface area (Å²) in [5.74, 6) is -1.43. The standard InChI is InChI=1S/C29H37F3N10O4/c1-3-46-28-34-18-21(25(36-28)29(30,31)32)26(43)35-22-17-20(5-6-24(22)41-11-9-39(2)10-12-41)42-19-23(37-38-42)27(44)33-7-4-8-40-13-15-45-16-14-40/h5-6,17-19H,3-4,7-16H2,1-2H3,(H,33,44)(H,35,43). The molecule has 0 saturated carbocycles. The zero-order valence-electron chi connectivity index (χ0n) is 25.7. The van der Waals surface area contributed by atoms with Gasteiger partial charge in [-0.3, -0.25) is 14.5 Å². The van der Waals surface area contributed by atoms with Gasteiger partial charge in [0, 0.05) is 52.0 Å². The molecule has 46 heavy (non-hydrogen) atoms. The van der Waals surface area contributed by atoms with E-state index in [2.05, 4.69) is 40.7 Å². The average molecular weight is 647 g/mol. The van der Waals surface area contributed by atoms with Crippen LogP contribution >= 0.6 is 0 Å². The van der Waals surface area contributed by atoms with E-state index in [1.165, 1.54) is 10.9 Å². The van der Waals surface area contributed by atoms with Crippen molar-refractivity contribution in [2.75, 3.05) is 89.4 Å². The number of piperazine rings is 1. The summed E-state index contributed by atoms with van der Waals surface area (Å²) < 4.78 is 53.5. The molecule has 2 fully saturated rings. The molecule has 2 amide bonds. The van der Waals surface area contributed by atoms with Crippen LogP contribution in [0.4, 0.5) is 24.5 Å². The van der Waals surface area contributed by atoms with Crippen LogP contribution in [0.15, 0.2) is 30.6 Å². The maximum absolute atomic E-state index is 13.9. The van der Waals surface area contributed by atoms with Gasteiger partial charge in [0.25, 0.3) is 11.8 Å². The summed E-state index contributed by atoms with van der Waals surface area (Å²) in [5.41, 5.74) is -0.758. The maximum atomic E-state index is 13.9. The molecule has 5 rings (SSSR count). The van der Waals surface area contributed by atoms with Gasteiger partial charge in [-0.25, -0.2) is 9.67 Å². The molecule has 2 N–H and O–H groups in total. The smallest absolute Gasteiger partial charge is 0.434 e. The van der Waals surface area contributed by atoms with Crippen molar-refractivity contribution < 1.29 is 32.2 Å². The lowest BCUT2D eigenvalue weighted by Gasteiger charge is -2.35. The van der Waals surface area contributed by atoms with E-state index in [0.29, 0.717) is 44.2 Å². The van der Waals surface area contributed by atoms with E-state index < -0.39 is 29.4 Å². The molecule has 0 spiro atoms. The van der Waals surface area contributed by atoms with Gasteiger partial charge < -0.3 is 29.9 Å². The number of alkyl halides is 3. The first kappa shape index (κ1) is 33.0. The Morgan fingerprint density at radius 1 is 1.07 bits per heavy atom. The van der Waals surface area contributed by atoms with Crippen molar-refractivity contribution in [3.63, 3.8) is 0 Å². The van der Waals surface area contributed by atoms with Crippen LogP contribution in [-0.2, 0) is 10.9 Å². The summed E-state index contributed by atoms with van der Waals surface area (Å²) >= 11 is 0. The summed E-state index contributed by atoms with van der Waals surface area (Å²) in [4.78, 5) is 39.8. The highest BCUT2D eigenvalue weighted by Gasteiger charge is 2.38. The summed E-state index contributed by atoms with van der Waals surface area (Å²) in [6.07, 6.45) is -1.90. The number of benzene rings is 1. The van der Waals surface area contributed by atoms with Crippen molar-refractivity contribution in [2.24, 2.45) is 0 Å². The van der Waals surface area contributed by atoms with Crippen LogP contribution < -0.4 is 20.3 Å². The lowest BCUT2D eigenvalue weighted by molar-refractivity contribution is -0.141. The number of nitrogens with zero attached hydrogens (tertiary/aromatic N) is 8. The van der Waals surface area contributed by atoms with Gasteiger partial charge in [-0.15, -0.1) is 5.10 Å². The van der Waals surface area contributed by atoms with E-state index in [-0.39, 0.29) is 23.9 Å². The lowest BCUT2D eigenvalue weighted by Crippen LogP contribution is -2.44. The third-order valence-electron chi connectivity index (χ3n) is 7.66. The normalized spacial score (nSPS) is 16.3. The Balaban J connectivity index is 1.35. The molecule has 0 radical (unpaired) electrons. The number of morpholine rings is 1. The highest BCUT2D eigenvalue weighted by atomic mass is 19.4. The van der Waals surface area contributed by atoms with Gasteiger partial charge in [0.05, 0.1) is 48.6 Å². The average Bonchev–Trinajstić information content (AvgIpc) is 3.54. The SMILES string of the molecule is CCOc1ncc(C(=O)Nc2cc(-n3cc(C(=O)NCCCN4CCOCC4)nn3)ccc2N2CCN(C)CC2)c(C(F)(F)F)n1. The second kappa shape index (κ2) is 14.8. The summed E-state index contributed by atoms with van der Waals surface area (Å²) in [7, 11) is 2.00. The molecule has 0 bridgehead atoms. The van der Waals surface area contributed by atoms with Crippen molar-refractivity contribution in [3.8, 4) is 11.7 Å². The van der Waals surface area contributed by atoms with Crippen molar-refractivity contribution in [1.82, 2.24) is 40.1 Å². The zero-order chi connectivity index (χ0) is 32.7. The molecule has 2 aromatic heterocycles. The highest BCUT2D eigenvalue weighted by Crippen LogP contribution is 2.34. The van der Waals surface area contributed by atoms with Crippen molar-refractivity contribution >= 4 is 23.2 Å². The fraction of sp³-hybridized carbons (Fsp3) is 0.517. The maximum Gasteiger partial charge on any atom is 0.434 e.